The lowest BCUT2D eigenvalue weighted by molar-refractivity contribution is 0.257. The van der Waals surface area contributed by atoms with E-state index in [9.17, 15) is 8.42 Å². The topological polar surface area (TPSA) is 100 Å². The Labute approximate surface area is 198 Å². The van der Waals surface area contributed by atoms with Crippen molar-refractivity contribution in [2.75, 3.05) is 46.4 Å². The molecular weight excluding hydrogens is 545 g/mol. The smallest absolute Gasteiger partial charge is 0.220 e. The number of halogens is 2. The number of rotatable bonds is 7. The first-order chi connectivity index (χ1) is 14.0. The van der Waals surface area contributed by atoms with E-state index >= 15 is 0 Å². The summed E-state index contributed by atoms with van der Waals surface area (Å²) in [6, 6.07) is 8.87. The van der Waals surface area contributed by atoms with E-state index in [0.717, 1.165) is 0 Å². The quantitative estimate of drug-likeness (QED) is 0.236. The third-order valence-electron chi connectivity index (χ3n) is 4.44. The maximum atomic E-state index is 12.5. The molecule has 0 saturated carbocycles. The van der Waals surface area contributed by atoms with Crippen LogP contribution in [0.25, 0.3) is 0 Å². The van der Waals surface area contributed by atoms with Gasteiger partial charge in [0, 0.05) is 39.3 Å². The van der Waals surface area contributed by atoms with E-state index in [-0.39, 0.29) is 29.7 Å². The number of hydrogen-bond acceptors (Lipinski definition) is 6. The molecule has 166 valence electrons. The van der Waals surface area contributed by atoms with Gasteiger partial charge in [0.25, 0.3) is 0 Å². The predicted octanol–water partition coefficient (Wildman–Crippen LogP) is 2.05. The largest absolute Gasteiger partial charge is 0.490 e. The van der Waals surface area contributed by atoms with Gasteiger partial charge in [-0.3, -0.25) is 4.99 Å². The number of piperazine rings is 1. The summed E-state index contributed by atoms with van der Waals surface area (Å²) in [5, 5.41) is 7.49. The first-order valence-electron chi connectivity index (χ1n) is 9.19. The van der Waals surface area contributed by atoms with Crippen LogP contribution in [0, 0.1) is 0 Å². The molecule has 0 spiro atoms. The number of ether oxygens (including phenoxy) is 1. The summed E-state index contributed by atoms with van der Waals surface area (Å²) >= 11 is 6.07. The van der Waals surface area contributed by atoms with Crippen molar-refractivity contribution in [3.8, 4) is 5.75 Å². The molecule has 1 aromatic heterocycles. The number of para-hydroxylation sites is 1. The third kappa shape index (κ3) is 6.72. The van der Waals surface area contributed by atoms with Crippen molar-refractivity contribution in [2.45, 2.75) is 5.75 Å². The van der Waals surface area contributed by atoms with Crippen molar-refractivity contribution in [3.05, 3.63) is 47.3 Å². The summed E-state index contributed by atoms with van der Waals surface area (Å²) in [5.74, 6) is 1.19. The Morgan fingerprint density at radius 2 is 2.00 bits per heavy atom. The summed E-state index contributed by atoms with van der Waals surface area (Å²) < 4.78 is 36.9. The van der Waals surface area contributed by atoms with Crippen LogP contribution >= 0.6 is 35.6 Å². The molecule has 0 unspecified atom stereocenters. The number of guanidine groups is 1. The van der Waals surface area contributed by atoms with Gasteiger partial charge in [0.05, 0.1) is 17.3 Å². The van der Waals surface area contributed by atoms with Gasteiger partial charge in [-0.15, -0.1) is 24.0 Å². The highest BCUT2D eigenvalue weighted by Gasteiger charge is 2.28. The average molecular weight is 570 g/mol. The van der Waals surface area contributed by atoms with Crippen molar-refractivity contribution in [2.24, 2.45) is 4.99 Å². The van der Waals surface area contributed by atoms with Crippen molar-refractivity contribution in [1.29, 1.82) is 0 Å². The average Bonchev–Trinajstić information content (AvgIpc) is 3.22. The second kappa shape index (κ2) is 11.7. The first-order valence-corrected chi connectivity index (χ1v) is 11.2. The Morgan fingerprint density at radius 1 is 1.27 bits per heavy atom. The second-order valence-corrected chi connectivity index (χ2v) is 8.76. The van der Waals surface area contributed by atoms with E-state index in [4.69, 9.17) is 20.9 Å². The first kappa shape index (κ1) is 24.7. The van der Waals surface area contributed by atoms with Crippen LogP contribution in [0.3, 0.4) is 0 Å². The molecule has 12 heteroatoms. The van der Waals surface area contributed by atoms with Crippen LogP contribution in [0.4, 0.5) is 0 Å². The molecule has 0 bridgehead atoms. The van der Waals surface area contributed by atoms with E-state index < -0.39 is 10.0 Å². The lowest BCUT2D eigenvalue weighted by atomic mass is 10.3. The van der Waals surface area contributed by atoms with Crippen molar-refractivity contribution in [3.63, 3.8) is 0 Å². The molecule has 0 atom stereocenters. The van der Waals surface area contributed by atoms with Gasteiger partial charge in [0.2, 0.25) is 10.0 Å². The van der Waals surface area contributed by atoms with E-state index in [1.807, 2.05) is 23.1 Å². The molecule has 1 aliphatic heterocycles. The third-order valence-corrected chi connectivity index (χ3v) is 6.57. The van der Waals surface area contributed by atoms with E-state index in [1.165, 1.54) is 10.6 Å². The number of aliphatic imine (C=N–C) groups is 1. The summed E-state index contributed by atoms with van der Waals surface area (Å²) in [4.78, 5) is 6.31. The Bertz CT molecular complexity index is 918. The minimum absolute atomic E-state index is 0. The molecule has 1 aromatic carbocycles. The SMILES string of the molecule is CN=C(NCCOc1ccccc1Cl)N1CCN(S(=O)(=O)Cc2ccon2)CC1.I. The van der Waals surface area contributed by atoms with Gasteiger partial charge in [-0.1, -0.05) is 28.9 Å². The fourth-order valence-corrected chi connectivity index (χ4v) is 4.60. The van der Waals surface area contributed by atoms with E-state index in [2.05, 4.69) is 15.5 Å². The Morgan fingerprint density at radius 3 is 2.63 bits per heavy atom. The molecular formula is C18H25ClIN5O4S. The molecule has 3 rings (SSSR count). The highest BCUT2D eigenvalue weighted by atomic mass is 127. The van der Waals surface area contributed by atoms with Gasteiger partial charge in [-0.2, -0.15) is 4.31 Å². The molecule has 9 nitrogen and oxygen atoms in total. The van der Waals surface area contributed by atoms with Crippen LogP contribution in [0.2, 0.25) is 5.02 Å². The second-order valence-electron chi connectivity index (χ2n) is 6.39. The van der Waals surface area contributed by atoms with Gasteiger partial charge < -0.3 is 19.5 Å². The number of nitrogens with zero attached hydrogens (tertiary/aromatic N) is 4. The molecule has 2 aromatic rings. The maximum absolute atomic E-state index is 12.5. The van der Waals surface area contributed by atoms with Crippen molar-refractivity contribution >= 4 is 51.6 Å². The fourth-order valence-electron chi connectivity index (χ4n) is 2.99. The number of benzene rings is 1. The van der Waals surface area contributed by atoms with Crippen LogP contribution in [0.1, 0.15) is 5.69 Å². The molecule has 1 aliphatic rings. The number of hydrogen-bond donors (Lipinski definition) is 1. The number of aromatic nitrogens is 1. The summed E-state index contributed by atoms with van der Waals surface area (Å²) in [6.07, 6.45) is 1.37. The Hall–Kier alpha value is -1.57. The van der Waals surface area contributed by atoms with Gasteiger partial charge >= 0.3 is 0 Å². The van der Waals surface area contributed by atoms with Crippen LogP contribution < -0.4 is 10.1 Å². The molecule has 0 amide bonds. The lowest BCUT2D eigenvalue weighted by Gasteiger charge is -2.35. The number of sulfonamides is 1. The lowest BCUT2D eigenvalue weighted by Crippen LogP contribution is -2.54. The van der Waals surface area contributed by atoms with Gasteiger partial charge in [-0.05, 0) is 12.1 Å². The zero-order chi connectivity index (χ0) is 20.7. The standard InChI is InChI=1S/C18H24ClN5O4S.HI/c1-20-18(21-7-13-27-17-5-3-2-4-16(17)19)23-8-10-24(11-9-23)29(25,26)14-15-6-12-28-22-15;/h2-6,12H,7-11,13-14H2,1H3,(H,20,21);1H. The van der Waals surface area contributed by atoms with Gasteiger partial charge in [0.15, 0.2) is 5.96 Å². The van der Waals surface area contributed by atoms with Gasteiger partial charge in [-0.25, -0.2) is 8.42 Å². The van der Waals surface area contributed by atoms with Crippen LogP contribution in [-0.2, 0) is 15.8 Å². The molecule has 1 saturated heterocycles. The van der Waals surface area contributed by atoms with E-state index in [1.54, 1.807) is 19.2 Å². The summed E-state index contributed by atoms with van der Waals surface area (Å²) in [7, 11) is -1.73. The van der Waals surface area contributed by atoms with Crippen LogP contribution in [-0.4, -0.2) is 75.1 Å². The highest BCUT2D eigenvalue weighted by molar-refractivity contribution is 14.0. The minimum Gasteiger partial charge on any atom is -0.490 e. The normalized spacial score (nSPS) is 15.5. The van der Waals surface area contributed by atoms with Crippen LogP contribution in [0.15, 0.2) is 46.1 Å². The molecule has 1 N–H and O–H groups in total. The highest BCUT2D eigenvalue weighted by Crippen LogP contribution is 2.22. The minimum atomic E-state index is -3.43. The van der Waals surface area contributed by atoms with E-state index in [0.29, 0.717) is 61.8 Å². The Balaban J connectivity index is 0.00000320. The number of nitrogens with one attached hydrogen (secondary N) is 1. The zero-order valence-corrected chi connectivity index (χ0v) is 20.4. The van der Waals surface area contributed by atoms with Crippen molar-refractivity contribution in [1.82, 2.24) is 19.7 Å². The van der Waals surface area contributed by atoms with Gasteiger partial charge in [0.1, 0.15) is 24.4 Å². The molecule has 30 heavy (non-hydrogen) atoms. The molecule has 2 heterocycles. The maximum Gasteiger partial charge on any atom is 0.220 e. The van der Waals surface area contributed by atoms with Crippen molar-refractivity contribution < 1.29 is 17.7 Å². The van der Waals surface area contributed by atoms with Crippen LogP contribution in [0.5, 0.6) is 5.75 Å². The predicted molar refractivity (Wildman–Crippen MR) is 126 cm³/mol. The molecule has 1 fully saturated rings. The summed E-state index contributed by atoms with van der Waals surface area (Å²) in [5.41, 5.74) is 0.406. The molecule has 0 aliphatic carbocycles. The monoisotopic (exact) mass is 569 g/mol. The zero-order valence-electron chi connectivity index (χ0n) is 16.5. The Kier molecular flexibility index (Phi) is 9.65. The fraction of sp³-hybridized carbons (Fsp3) is 0.444. The molecule has 0 radical (unpaired) electrons. The summed E-state index contributed by atoms with van der Waals surface area (Å²) in [6.45, 7) is 2.83.